The summed E-state index contributed by atoms with van der Waals surface area (Å²) in [6.07, 6.45) is 35.5. The summed E-state index contributed by atoms with van der Waals surface area (Å²) in [5, 5.41) is 65.3. The summed E-state index contributed by atoms with van der Waals surface area (Å²) in [6.45, 7) is 3.63. The van der Waals surface area contributed by atoms with Gasteiger partial charge in [-0.05, 0) is 12.8 Å². The fourth-order valence-corrected chi connectivity index (χ4v) is 8.61. The quantitative estimate of drug-likeness (QED) is 0.0295. The molecule has 1 amide bonds. The van der Waals surface area contributed by atoms with Gasteiger partial charge in [-0.1, -0.05) is 232 Å². The standard InChI is InChI=1S/C50H99NO9/c1-3-5-7-9-11-13-15-17-18-19-20-21-22-23-24-25-26-27-29-31-33-35-37-39-45(54)51-42(41-59-50-49(58)48(57)47(56)44(40-52)60-50)46(55)43(53)38-36-34-32-30-28-16-14-12-10-8-6-4-2/h42-44,46-50,52-53,55-58H,3-41H2,1-2H3,(H,51,54)/t42-,43+,44+,46-,47-,48?,49?,50-/m0/s1. The molecule has 0 spiro atoms. The lowest BCUT2D eigenvalue weighted by Gasteiger charge is -2.40. The van der Waals surface area contributed by atoms with E-state index in [0.717, 1.165) is 38.5 Å². The number of nitrogens with one attached hydrogen (secondary N) is 1. The molecule has 1 rings (SSSR count). The highest BCUT2D eigenvalue weighted by Gasteiger charge is 2.44. The third-order valence-corrected chi connectivity index (χ3v) is 12.8. The van der Waals surface area contributed by atoms with Crippen molar-refractivity contribution in [2.75, 3.05) is 13.2 Å². The summed E-state index contributed by atoms with van der Waals surface area (Å²) >= 11 is 0. The number of hydrogen-bond donors (Lipinski definition) is 7. The molecule has 1 aliphatic rings. The molecule has 7 N–H and O–H groups in total. The van der Waals surface area contributed by atoms with Crippen molar-refractivity contribution in [2.24, 2.45) is 0 Å². The van der Waals surface area contributed by atoms with Gasteiger partial charge >= 0.3 is 0 Å². The molecule has 358 valence electrons. The van der Waals surface area contributed by atoms with Gasteiger partial charge in [-0.25, -0.2) is 0 Å². The van der Waals surface area contributed by atoms with Crippen molar-refractivity contribution >= 4 is 5.91 Å². The molecule has 60 heavy (non-hydrogen) atoms. The Kier molecular flexibility index (Phi) is 39.0. The van der Waals surface area contributed by atoms with Crippen LogP contribution in [-0.2, 0) is 14.3 Å². The number of unbranched alkanes of at least 4 members (excludes halogenated alkanes) is 33. The highest BCUT2D eigenvalue weighted by Crippen LogP contribution is 2.23. The van der Waals surface area contributed by atoms with E-state index in [2.05, 4.69) is 19.2 Å². The Bertz CT molecular complexity index is 926. The van der Waals surface area contributed by atoms with Crippen molar-refractivity contribution in [3.63, 3.8) is 0 Å². The number of carbonyl (C=O) groups excluding carboxylic acids is 1. The lowest BCUT2D eigenvalue weighted by Crippen LogP contribution is -2.60. The number of amides is 1. The molecule has 1 fully saturated rings. The number of aliphatic hydroxyl groups excluding tert-OH is 6. The van der Waals surface area contributed by atoms with Crippen LogP contribution in [0.5, 0.6) is 0 Å². The number of aliphatic hydroxyl groups is 6. The topological polar surface area (TPSA) is 169 Å². The highest BCUT2D eigenvalue weighted by molar-refractivity contribution is 5.76. The van der Waals surface area contributed by atoms with Gasteiger partial charge in [0, 0.05) is 6.42 Å². The molecular formula is C50H99NO9. The maximum absolute atomic E-state index is 13.0. The maximum atomic E-state index is 13.0. The van der Waals surface area contributed by atoms with Crippen LogP contribution >= 0.6 is 0 Å². The second-order valence-corrected chi connectivity index (χ2v) is 18.5. The number of hydrogen-bond acceptors (Lipinski definition) is 9. The average molecular weight is 858 g/mol. The first-order valence-electron chi connectivity index (χ1n) is 25.8. The molecule has 10 nitrogen and oxygen atoms in total. The predicted molar refractivity (Wildman–Crippen MR) is 246 cm³/mol. The fourth-order valence-electron chi connectivity index (χ4n) is 8.61. The van der Waals surface area contributed by atoms with Crippen LogP contribution in [-0.4, -0.2) is 98.7 Å². The van der Waals surface area contributed by atoms with Crippen molar-refractivity contribution in [3.05, 3.63) is 0 Å². The van der Waals surface area contributed by atoms with E-state index in [4.69, 9.17) is 9.47 Å². The minimum absolute atomic E-state index is 0.252. The molecule has 0 radical (unpaired) electrons. The van der Waals surface area contributed by atoms with E-state index in [9.17, 15) is 35.4 Å². The Labute approximate surface area is 368 Å². The lowest BCUT2D eigenvalue weighted by molar-refractivity contribution is -0.303. The molecule has 8 atom stereocenters. The summed E-state index contributed by atoms with van der Waals surface area (Å²) in [6, 6.07) is -0.985. The Hall–Kier alpha value is -0.850. The minimum atomic E-state index is -1.60. The third-order valence-electron chi connectivity index (χ3n) is 12.8. The van der Waals surface area contributed by atoms with Gasteiger partial charge in [-0.3, -0.25) is 4.79 Å². The van der Waals surface area contributed by atoms with Crippen molar-refractivity contribution in [3.8, 4) is 0 Å². The molecule has 0 aliphatic carbocycles. The van der Waals surface area contributed by atoms with E-state index in [1.165, 1.54) is 186 Å². The van der Waals surface area contributed by atoms with E-state index < -0.39 is 55.6 Å². The number of carbonyl (C=O) groups is 1. The smallest absolute Gasteiger partial charge is 0.220 e. The largest absolute Gasteiger partial charge is 0.394 e. The SMILES string of the molecule is CCCCCCCCCCCCCCCCCCCCCCCCCC(=O)N[C@@H](CO[C@H]1O[C@H](CO)[C@H](O)C(O)C1O)[C@H](O)[C@H](O)CCCCCCCCCCCCCC. The van der Waals surface area contributed by atoms with Crippen molar-refractivity contribution in [1.82, 2.24) is 5.32 Å². The normalized spacial score (nSPS) is 21.0. The molecule has 0 aromatic carbocycles. The first kappa shape index (κ1) is 57.2. The van der Waals surface area contributed by atoms with E-state index in [-0.39, 0.29) is 18.9 Å². The molecule has 0 bridgehead atoms. The maximum Gasteiger partial charge on any atom is 0.220 e. The molecule has 1 aliphatic heterocycles. The molecule has 1 heterocycles. The van der Waals surface area contributed by atoms with Crippen LogP contribution < -0.4 is 5.32 Å². The van der Waals surface area contributed by atoms with Crippen molar-refractivity contribution in [2.45, 2.75) is 300 Å². The summed E-state index contributed by atoms with van der Waals surface area (Å²) in [5.74, 6) is -0.252. The van der Waals surface area contributed by atoms with E-state index in [1.54, 1.807) is 0 Å². The Morgan fingerprint density at radius 1 is 0.517 bits per heavy atom. The molecule has 1 saturated heterocycles. The molecule has 0 saturated carbocycles. The van der Waals surface area contributed by atoms with Crippen molar-refractivity contribution in [1.29, 1.82) is 0 Å². The number of ether oxygens (including phenoxy) is 2. The summed E-state index contributed by atoms with van der Waals surface area (Å²) in [4.78, 5) is 13.0. The number of rotatable bonds is 44. The zero-order valence-corrected chi connectivity index (χ0v) is 39.1. The van der Waals surface area contributed by atoms with Crippen LogP contribution in [0.4, 0.5) is 0 Å². The van der Waals surface area contributed by atoms with Gasteiger partial charge in [0.15, 0.2) is 6.29 Å². The van der Waals surface area contributed by atoms with Gasteiger partial charge in [0.2, 0.25) is 5.91 Å². The first-order valence-corrected chi connectivity index (χ1v) is 25.8. The van der Waals surface area contributed by atoms with Crippen LogP contribution in [0, 0.1) is 0 Å². The van der Waals surface area contributed by atoms with Gasteiger partial charge in [0.25, 0.3) is 0 Å². The van der Waals surface area contributed by atoms with Gasteiger partial charge in [0.1, 0.15) is 30.5 Å². The van der Waals surface area contributed by atoms with Crippen molar-refractivity contribution < 1.29 is 44.9 Å². The fraction of sp³-hybridized carbons (Fsp3) is 0.980. The second kappa shape index (κ2) is 40.9. The lowest BCUT2D eigenvalue weighted by atomic mass is 9.98. The molecule has 0 aromatic heterocycles. The van der Waals surface area contributed by atoms with E-state index in [1.807, 2.05) is 0 Å². The minimum Gasteiger partial charge on any atom is -0.394 e. The monoisotopic (exact) mass is 858 g/mol. The Morgan fingerprint density at radius 3 is 1.23 bits per heavy atom. The van der Waals surface area contributed by atoms with Crippen LogP contribution in [0.15, 0.2) is 0 Å². The Morgan fingerprint density at radius 2 is 0.867 bits per heavy atom. The van der Waals surface area contributed by atoms with Crippen LogP contribution in [0.25, 0.3) is 0 Å². The van der Waals surface area contributed by atoms with Gasteiger partial charge in [-0.15, -0.1) is 0 Å². The molecule has 10 heteroatoms. The summed E-state index contributed by atoms with van der Waals surface area (Å²) < 4.78 is 11.2. The van der Waals surface area contributed by atoms with E-state index in [0.29, 0.717) is 6.42 Å². The first-order chi connectivity index (χ1) is 29.3. The summed E-state index contributed by atoms with van der Waals surface area (Å²) in [5.41, 5.74) is 0. The van der Waals surface area contributed by atoms with E-state index >= 15 is 0 Å². The molecule has 2 unspecified atom stereocenters. The van der Waals surface area contributed by atoms with Gasteiger partial charge in [-0.2, -0.15) is 0 Å². The predicted octanol–water partition coefficient (Wildman–Crippen LogP) is 10.5. The van der Waals surface area contributed by atoms with Gasteiger partial charge < -0.3 is 45.4 Å². The third kappa shape index (κ3) is 30.3. The second-order valence-electron chi connectivity index (χ2n) is 18.5. The average Bonchev–Trinajstić information content (AvgIpc) is 3.25. The van der Waals surface area contributed by atoms with Crippen LogP contribution in [0.2, 0.25) is 0 Å². The summed E-state index contributed by atoms with van der Waals surface area (Å²) in [7, 11) is 0. The van der Waals surface area contributed by atoms with Gasteiger partial charge in [0.05, 0.1) is 25.4 Å². The zero-order valence-electron chi connectivity index (χ0n) is 39.1. The highest BCUT2D eigenvalue weighted by atomic mass is 16.7. The zero-order chi connectivity index (χ0) is 43.9. The molecular weight excluding hydrogens is 759 g/mol. The Balaban J connectivity index is 2.26. The van der Waals surface area contributed by atoms with Crippen LogP contribution in [0.3, 0.4) is 0 Å². The molecule has 0 aromatic rings. The van der Waals surface area contributed by atoms with Crippen LogP contribution in [0.1, 0.15) is 251 Å².